The molecule has 0 saturated carbocycles. The molecule has 1 heteroatoms. The van der Waals surface area contributed by atoms with Gasteiger partial charge in [-0.15, -0.1) is 0 Å². The molecule has 0 saturated heterocycles. The van der Waals surface area contributed by atoms with Crippen molar-refractivity contribution in [1.82, 2.24) is 0 Å². The van der Waals surface area contributed by atoms with Crippen LogP contribution in [0.15, 0.2) is 31.4 Å². The zero-order valence-corrected chi connectivity index (χ0v) is 6.38. The van der Waals surface area contributed by atoms with Gasteiger partial charge >= 0.3 is 0 Å². The van der Waals surface area contributed by atoms with Crippen molar-refractivity contribution in [2.24, 2.45) is 0 Å². The van der Waals surface area contributed by atoms with Crippen LogP contribution in [0.1, 0.15) is 11.1 Å². The van der Waals surface area contributed by atoms with E-state index in [-0.39, 0.29) is 0 Å². The van der Waals surface area contributed by atoms with E-state index in [0.717, 1.165) is 16.8 Å². The summed E-state index contributed by atoms with van der Waals surface area (Å²) in [5.74, 6) is 0. The Bertz CT molecular complexity index is 261. The SMILES string of the molecule is C=Cc1cccc(C=C)c1N. The predicted octanol–water partition coefficient (Wildman–Crippen LogP) is 2.55. The number of benzene rings is 1. The van der Waals surface area contributed by atoms with Crippen molar-refractivity contribution in [1.29, 1.82) is 0 Å². The van der Waals surface area contributed by atoms with Crippen molar-refractivity contribution in [2.75, 3.05) is 5.73 Å². The lowest BCUT2D eigenvalue weighted by molar-refractivity contribution is 1.61. The van der Waals surface area contributed by atoms with E-state index < -0.39 is 0 Å². The minimum atomic E-state index is 0.748. The minimum Gasteiger partial charge on any atom is -0.398 e. The van der Waals surface area contributed by atoms with E-state index in [1.807, 2.05) is 18.2 Å². The van der Waals surface area contributed by atoms with Crippen LogP contribution in [0.4, 0.5) is 5.69 Å². The van der Waals surface area contributed by atoms with Gasteiger partial charge in [0.25, 0.3) is 0 Å². The molecule has 1 aromatic carbocycles. The molecule has 0 heterocycles. The highest BCUT2D eigenvalue weighted by Crippen LogP contribution is 2.18. The highest BCUT2D eigenvalue weighted by Gasteiger charge is 1.96. The van der Waals surface area contributed by atoms with Crippen molar-refractivity contribution in [2.45, 2.75) is 0 Å². The molecule has 0 atom stereocenters. The van der Waals surface area contributed by atoms with E-state index in [2.05, 4.69) is 13.2 Å². The first-order valence-electron chi connectivity index (χ1n) is 3.43. The summed E-state index contributed by atoms with van der Waals surface area (Å²) in [6.45, 7) is 7.31. The van der Waals surface area contributed by atoms with E-state index >= 15 is 0 Å². The van der Waals surface area contributed by atoms with Crippen LogP contribution < -0.4 is 5.73 Å². The molecule has 1 nitrogen and oxygen atoms in total. The molecule has 0 bridgehead atoms. The standard InChI is InChI=1S/C10H11N/c1-3-8-6-5-7-9(4-2)10(8)11/h3-7H,1-2,11H2. The fourth-order valence-electron chi connectivity index (χ4n) is 0.958. The highest BCUT2D eigenvalue weighted by atomic mass is 14.6. The average molecular weight is 145 g/mol. The maximum Gasteiger partial charge on any atom is 0.0460 e. The molecule has 0 aliphatic rings. The first kappa shape index (κ1) is 7.61. The van der Waals surface area contributed by atoms with Gasteiger partial charge in [0.05, 0.1) is 0 Å². The molecule has 1 aromatic rings. The van der Waals surface area contributed by atoms with Crippen LogP contribution in [0, 0.1) is 0 Å². The van der Waals surface area contributed by atoms with E-state index in [1.54, 1.807) is 12.2 Å². The van der Waals surface area contributed by atoms with Gasteiger partial charge in [-0.1, -0.05) is 43.5 Å². The largest absolute Gasteiger partial charge is 0.398 e. The third-order valence-electron chi connectivity index (χ3n) is 1.61. The summed E-state index contributed by atoms with van der Waals surface area (Å²) in [7, 11) is 0. The molecule has 56 valence electrons. The van der Waals surface area contributed by atoms with Gasteiger partial charge in [0.15, 0.2) is 0 Å². The molecule has 0 unspecified atom stereocenters. The third kappa shape index (κ3) is 1.32. The van der Waals surface area contributed by atoms with Gasteiger partial charge in [-0.2, -0.15) is 0 Å². The van der Waals surface area contributed by atoms with Gasteiger partial charge in [0, 0.05) is 5.69 Å². The van der Waals surface area contributed by atoms with Crippen LogP contribution in [-0.2, 0) is 0 Å². The van der Waals surface area contributed by atoms with Crippen molar-refractivity contribution >= 4 is 17.8 Å². The van der Waals surface area contributed by atoms with Crippen LogP contribution >= 0.6 is 0 Å². The lowest BCUT2D eigenvalue weighted by Crippen LogP contribution is -1.91. The van der Waals surface area contributed by atoms with E-state index in [0.29, 0.717) is 0 Å². The average Bonchev–Trinajstić information content (AvgIpc) is 2.05. The molecule has 0 radical (unpaired) electrons. The predicted molar refractivity (Wildman–Crippen MR) is 51.0 cm³/mol. The molecular formula is C10H11N. The van der Waals surface area contributed by atoms with Gasteiger partial charge in [-0.05, 0) is 11.1 Å². The summed E-state index contributed by atoms with van der Waals surface area (Å²) in [5, 5.41) is 0. The van der Waals surface area contributed by atoms with Gasteiger partial charge in [-0.3, -0.25) is 0 Å². The summed E-state index contributed by atoms with van der Waals surface area (Å²) in [6.07, 6.45) is 3.48. The summed E-state index contributed by atoms with van der Waals surface area (Å²) in [5.41, 5.74) is 8.43. The van der Waals surface area contributed by atoms with E-state index in [1.165, 1.54) is 0 Å². The Kier molecular flexibility index (Phi) is 2.12. The number of hydrogen-bond donors (Lipinski definition) is 1. The second-order valence-electron chi connectivity index (χ2n) is 2.26. The summed E-state index contributed by atoms with van der Waals surface area (Å²) >= 11 is 0. The number of nitrogens with two attached hydrogens (primary N) is 1. The lowest BCUT2D eigenvalue weighted by Gasteiger charge is -2.02. The Labute approximate surface area is 66.9 Å². The van der Waals surface area contributed by atoms with Crippen molar-refractivity contribution in [3.05, 3.63) is 42.5 Å². The number of anilines is 1. The third-order valence-corrected chi connectivity index (χ3v) is 1.61. The van der Waals surface area contributed by atoms with Crippen LogP contribution in [0.5, 0.6) is 0 Å². The summed E-state index contributed by atoms with van der Waals surface area (Å²) in [6, 6.07) is 5.79. The molecule has 0 amide bonds. The molecule has 2 N–H and O–H groups in total. The van der Waals surface area contributed by atoms with Crippen LogP contribution in [-0.4, -0.2) is 0 Å². The maximum atomic E-state index is 5.76. The van der Waals surface area contributed by atoms with Crippen molar-refractivity contribution in [3.8, 4) is 0 Å². The fourth-order valence-corrected chi connectivity index (χ4v) is 0.958. The van der Waals surface area contributed by atoms with Gasteiger partial charge in [-0.25, -0.2) is 0 Å². The first-order valence-corrected chi connectivity index (χ1v) is 3.43. The Morgan fingerprint density at radius 2 is 1.55 bits per heavy atom. The topological polar surface area (TPSA) is 26.0 Å². The molecule has 11 heavy (non-hydrogen) atoms. The number of para-hydroxylation sites is 1. The minimum absolute atomic E-state index is 0.748. The molecule has 0 spiro atoms. The zero-order chi connectivity index (χ0) is 8.27. The summed E-state index contributed by atoms with van der Waals surface area (Å²) in [4.78, 5) is 0. The van der Waals surface area contributed by atoms with Gasteiger partial charge in [0.1, 0.15) is 0 Å². The van der Waals surface area contributed by atoms with Crippen LogP contribution in [0.2, 0.25) is 0 Å². The molecule has 1 rings (SSSR count). The zero-order valence-electron chi connectivity index (χ0n) is 6.38. The van der Waals surface area contributed by atoms with Gasteiger partial charge < -0.3 is 5.73 Å². The Balaban J connectivity index is 3.30. The molecule has 0 fully saturated rings. The van der Waals surface area contributed by atoms with Crippen molar-refractivity contribution < 1.29 is 0 Å². The second-order valence-corrected chi connectivity index (χ2v) is 2.26. The van der Waals surface area contributed by atoms with E-state index in [4.69, 9.17) is 5.73 Å². The lowest BCUT2D eigenvalue weighted by atomic mass is 10.1. The van der Waals surface area contributed by atoms with Gasteiger partial charge in [0.2, 0.25) is 0 Å². The molecule has 0 aliphatic heterocycles. The van der Waals surface area contributed by atoms with Crippen LogP contribution in [0.3, 0.4) is 0 Å². The Morgan fingerprint density at radius 3 is 1.91 bits per heavy atom. The van der Waals surface area contributed by atoms with Crippen LogP contribution in [0.25, 0.3) is 12.2 Å². The maximum absolute atomic E-state index is 5.76. The number of hydrogen-bond acceptors (Lipinski definition) is 1. The highest BCUT2D eigenvalue weighted by molar-refractivity contribution is 5.73. The monoisotopic (exact) mass is 145 g/mol. The fraction of sp³-hybridized carbons (Fsp3) is 0. The number of nitrogen functional groups attached to an aromatic ring is 1. The molecular weight excluding hydrogens is 134 g/mol. The first-order chi connectivity index (χ1) is 5.29. The molecule has 0 aromatic heterocycles. The Hall–Kier alpha value is -1.50. The quantitative estimate of drug-likeness (QED) is 0.636. The van der Waals surface area contributed by atoms with Crippen molar-refractivity contribution in [3.63, 3.8) is 0 Å². The molecule has 0 aliphatic carbocycles. The number of rotatable bonds is 2. The second kappa shape index (κ2) is 3.06. The summed E-state index contributed by atoms with van der Waals surface area (Å²) < 4.78 is 0. The normalized spacial score (nSPS) is 9.09. The smallest absolute Gasteiger partial charge is 0.0460 e. The Morgan fingerprint density at radius 1 is 1.09 bits per heavy atom. The van der Waals surface area contributed by atoms with E-state index in [9.17, 15) is 0 Å².